The maximum absolute atomic E-state index is 13.1. The van der Waals surface area contributed by atoms with Gasteiger partial charge in [0, 0.05) is 23.1 Å². The number of halogens is 1. The third kappa shape index (κ3) is 2.75. The van der Waals surface area contributed by atoms with E-state index in [2.05, 4.69) is 15.9 Å². The molecule has 0 saturated carbocycles. The first-order valence-electron chi connectivity index (χ1n) is 10.4. The van der Waals surface area contributed by atoms with Crippen molar-refractivity contribution in [3.05, 3.63) is 62.2 Å². The average Bonchev–Trinajstić information content (AvgIpc) is 2.98. The molecule has 5 rings (SSSR count). The number of aryl methyl sites for hydroxylation is 2. The average molecular weight is 498 g/mol. The first kappa shape index (κ1) is 21.0. The third-order valence-electron chi connectivity index (χ3n) is 7.15. The highest BCUT2D eigenvalue weighted by Gasteiger charge is 2.56. The molecule has 2 N–H and O–H groups in total. The highest BCUT2D eigenvalue weighted by molar-refractivity contribution is 9.12. The second kappa shape index (κ2) is 7.08. The number of phenolic OH excluding ortho intramolecular Hbond substituents is 1. The number of carbonyl (C=O) groups excluding carboxylic acids is 4. The van der Waals surface area contributed by atoms with Gasteiger partial charge in [0.2, 0.25) is 0 Å². The van der Waals surface area contributed by atoms with E-state index in [4.69, 9.17) is 0 Å². The van der Waals surface area contributed by atoms with Crippen LogP contribution < -0.4 is 0 Å². The molecule has 1 aliphatic heterocycles. The van der Waals surface area contributed by atoms with Crippen LogP contribution in [-0.2, 0) is 19.2 Å². The van der Waals surface area contributed by atoms with Crippen LogP contribution in [0, 0.1) is 31.6 Å². The summed E-state index contributed by atoms with van der Waals surface area (Å²) < 4.78 is 0.162. The molecule has 0 aromatic heterocycles. The van der Waals surface area contributed by atoms with Gasteiger partial charge in [-0.25, -0.2) is 0 Å². The van der Waals surface area contributed by atoms with Crippen molar-refractivity contribution in [2.75, 3.05) is 0 Å². The van der Waals surface area contributed by atoms with Crippen molar-refractivity contribution >= 4 is 39.3 Å². The number of aromatic hydroxyl groups is 1. The number of Topliss-reactive ketones (excluding diaryl/α,β-unsaturated/α-hetero) is 1. The van der Waals surface area contributed by atoms with Gasteiger partial charge in [-0.05, 0) is 65.2 Å². The van der Waals surface area contributed by atoms with Gasteiger partial charge in [0.25, 0.3) is 11.8 Å². The number of fused-ring (bicyclic) bond motifs is 3. The minimum absolute atomic E-state index is 0.148. The van der Waals surface area contributed by atoms with E-state index in [1.165, 1.54) is 6.08 Å². The number of ketones is 2. The normalized spacial score (nSPS) is 29.6. The van der Waals surface area contributed by atoms with Crippen LogP contribution in [-0.4, -0.2) is 38.8 Å². The molecule has 3 aliphatic carbocycles. The predicted molar refractivity (Wildman–Crippen MR) is 116 cm³/mol. The highest BCUT2D eigenvalue weighted by Crippen LogP contribution is 2.55. The molecule has 1 aromatic rings. The molecular formula is C24H20BrNO6. The van der Waals surface area contributed by atoms with E-state index in [-0.39, 0.29) is 39.7 Å². The molecule has 1 heterocycles. The lowest BCUT2D eigenvalue weighted by Crippen LogP contribution is -2.39. The van der Waals surface area contributed by atoms with E-state index in [1.807, 2.05) is 6.08 Å². The lowest BCUT2D eigenvalue weighted by atomic mass is 9.59. The molecule has 7 nitrogen and oxygen atoms in total. The van der Waals surface area contributed by atoms with Gasteiger partial charge in [-0.3, -0.25) is 24.4 Å². The van der Waals surface area contributed by atoms with Crippen LogP contribution in [0.5, 0.6) is 5.75 Å². The number of rotatable bonds is 1. The van der Waals surface area contributed by atoms with Crippen molar-refractivity contribution in [2.45, 2.75) is 32.6 Å². The Hall–Kier alpha value is -2.84. The Morgan fingerprint density at radius 2 is 1.69 bits per heavy atom. The number of nitrogens with zero attached hydrogens (tertiary/aromatic N) is 1. The topological polar surface area (TPSA) is 112 Å². The number of hydrogen-bond donors (Lipinski definition) is 2. The summed E-state index contributed by atoms with van der Waals surface area (Å²) >= 11 is 3.18. The maximum atomic E-state index is 13.1. The molecule has 0 unspecified atom stereocenters. The first-order chi connectivity index (χ1) is 15.1. The van der Waals surface area contributed by atoms with Gasteiger partial charge >= 0.3 is 0 Å². The molecule has 32 heavy (non-hydrogen) atoms. The van der Waals surface area contributed by atoms with E-state index in [9.17, 15) is 29.5 Å². The fourth-order valence-corrected chi connectivity index (χ4v) is 6.17. The molecule has 4 atom stereocenters. The van der Waals surface area contributed by atoms with Crippen molar-refractivity contribution in [1.29, 1.82) is 0 Å². The second-order valence-electron chi connectivity index (χ2n) is 8.89. The van der Waals surface area contributed by atoms with Crippen molar-refractivity contribution < 1.29 is 29.5 Å². The largest absolute Gasteiger partial charge is 0.507 e. The van der Waals surface area contributed by atoms with E-state index in [1.54, 1.807) is 26.0 Å². The molecule has 2 amide bonds. The SMILES string of the molecule is Cc1cc([C@H]2C3=CC[C@@H]4C(=O)N(O)C(=O)[C@@H]4[C@@H]3CC3=C2C(=O)C=C(Br)C3=O)cc(C)c1O. The molecule has 0 bridgehead atoms. The van der Waals surface area contributed by atoms with Gasteiger partial charge in [0.05, 0.1) is 16.3 Å². The van der Waals surface area contributed by atoms with Crippen LogP contribution >= 0.6 is 15.9 Å². The van der Waals surface area contributed by atoms with Crippen molar-refractivity contribution in [3.63, 3.8) is 0 Å². The number of carbonyl (C=O) groups is 4. The Morgan fingerprint density at radius 1 is 1.03 bits per heavy atom. The van der Waals surface area contributed by atoms with E-state index >= 15 is 0 Å². The second-order valence-corrected chi connectivity index (χ2v) is 9.74. The van der Waals surface area contributed by atoms with Gasteiger partial charge in [-0.1, -0.05) is 23.8 Å². The summed E-state index contributed by atoms with van der Waals surface area (Å²) in [7, 11) is 0. The van der Waals surface area contributed by atoms with Crippen molar-refractivity contribution in [2.24, 2.45) is 17.8 Å². The smallest absolute Gasteiger partial charge is 0.257 e. The Balaban J connectivity index is 1.74. The minimum Gasteiger partial charge on any atom is -0.507 e. The number of amides is 2. The molecule has 4 aliphatic rings. The lowest BCUT2D eigenvalue weighted by Gasteiger charge is -2.42. The van der Waals surface area contributed by atoms with Crippen molar-refractivity contribution in [3.8, 4) is 5.75 Å². The highest BCUT2D eigenvalue weighted by atomic mass is 79.9. The molecule has 164 valence electrons. The minimum atomic E-state index is -0.782. The van der Waals surface area contributed by atoms with Crippen LogP contribution in [0.1, 0.15) is 35.4 Å². The third-order valence-corrected chi connectivity index (χ3v) is 7.74. The zero-order valence-corrected chi connectivity index (χ0v) is 19.0. The summed E-state index contributed by atoms with van der Waals surface area (Å²) in [6.45, 7) is 3.53. The van der Waals surface area contributed by atoms with Crippen molar-refractivity contribution in [1.82, 2.24) is 5.06 Å². The molecule has 8 heteroatoms. The zero-order chi connectivity index (χ0) is 23.1. The molecule has 1 fully saturated rings. The summed E-state index contributed by atoms with van der Waals surface area (Å²) in [4.78, 5) is 51.3. The summed E-state index contributed by atoms with van der Waals surface area (Å²) in [6.07, 6.45) is 3.58. The van der Waals surface area contributed by atoms with Crippen LogP contribution in [0.4, 0.5) is 0 Å². The zero-order valence-electron chi connectivity index (χ0n) is 17.4. The van der Waals surface area contributed by atoms with Crippen LogP contribution in [0.15, 0.2) is 45.5 Å². The standard InChI is InChI=1S/C24H20BrNO6/c1-9-5-11(6-10(2)21(9)28)18-12-3-4-13-19(24(31)26(32)23(13)30)14(12)7-15-20(18)17(27)8-16(25)22(15)29/h3,5-6,8,13-14,18-19,28,32H,4,7H2,1-2H3/t13-,14+,18-,19-/m0/s1. The van der Waals surface area contributed by atoms with Crippen LogP contribution in [0.2, 0.25) is 0 Å². The molecule has 1 saturated heterocycles. The Kier molecular flexibility index (Phi) is 4.65. The Labute approximate surface area is 192 Å². The van der Waals surface area contributed by atoms with Gasteiger partial charge < -0.3 is 5.11 Å². The number of hydrogen-bond acceptors (Lipinski definition) is 6. The molecule has 1 aromatic carbocycles. The van der Waals surface area contributed by atoms with Crippen LogP contribution in [0.3, 0.4) is 0 Å². The number of imide groups is 1. The maximum Gasteiger partial charge on any atom is 0.257 e. The number of allylic oxidation sites excluding steroid dienone is 6. The van der Waals surface area contributed by atoms with Crippen LogP contribution in [0.25, 0.3) is 0 Å². The lowest BCUT2D eigenvalue weighted by molar-refractivity contribution is -0.173. The number of hydroxylamine groups is 2. The van der Waals surface area contributed by atoms with Gasteiger partial charge in [0.15, 0.2) is 11.6 Å². The molecule has 0 radical (unpaired) electrons. The first-order valence-corrected chi connectivity index (χ1v) is 11.2. The number of benzene rings is 1. The fourth-order valence-electron chi connectivity index (χ4n) is 5.73. The Morgan fingerprint density at radius 3 is 2.34 bits per heavy atom. The summed E-state index contributed by atoms with van der Waals surface area (Å²) in [5, 5.41) is 20.4. The summed E-state index contributed by atoms with van der Waals surface area (Å²) in [6, 6.07) is 3.58. The monoisotopic (exact) mass is 497 g/mol. The summed E-state index contributed by atoms with van der Waals surface area (Å²) in [5.41, 5.74) is 3.53. The van der Waals surface area contributed by atoms with Gasteiger partial charge in [-0.15, -0.1) is 0 Å². The summed E-state index contributed by atoms with van der Waals surface area (Å²) in [5.74, 6) is -4.25. The quantitative estimate of drug-likeness (QED) is 0.266. The molecule has 0 spiro atoms. The Bertz CT molecular complexity index is 1220. The number of phenols is 1. The van der Waals surface area contributed by atoms with E-state index < -0.39 is 35.5 Å². The van der Waals surface area contributed by atoms with E-state index in [0.29, 0.717) is 22.3 Å². The predicted octanol–water partition coefficient (Wildman–Crippen LogP) is 3.16. The van der Waals surface area contributed by atoms with Gasteiger partial charge in [0.1, 0.15) is 5.75 Å². The van der Waals surface area contributed by atoms with E-state index in [0.717, 1.165) is 11.1 Å². The fraction of sp³-hybridized carbons (Fsp3) is 0.333. The molecular weight excluding hydrogens is 478 g/mol. The van der Waals surface area contributed by atoms with Gasteiger partial charge in [-0.2, -0.15) is 5.06 Å².